The molecule has 5 heteroatoms. The number of benzene rings is 1. The maximum Gasteiger partial charge on any atom is 0.213 e. The van der Waals surface area contributed by atoms with E-state index in [2.05, 4.69) is 4.98 Å². The lowest BCUT2D eigenvalue weighted by molar-refractivity contribution is 0.293. The summed E-state index contributed by atoms with van der Waals surface area (Å²) in [6.07, 6.45) is 0. The lowest BCUT2D eigenvalue weighted by Gasteiger charge is -2.08. The van der Waals surface area contributed by atoms with Crippen LogP contribution in [0.5, 0.6) is 5.88 Å². The molecule has 0 amide bonds. The fourth-order valence-corrected chi connectivity index (χ4v) is 1.83. The lowest BCUT2D eigenvalue weighted by atomic mass is 10.2. The van der Waals surface area contributed by atoms with Crippen molar-refractivity contribution in [3.05, 3.63) is 57.7 Å². The molecule has 0 spiro atoms. The predicted molar refractivity (Wildman–Crippen MR) is 72.9 cm³/mol. The summed E-state index contributed by atoms with van der Waals surface area (Å²) in [7, 11) is 0. The number of pyridine rings is 1. The zero-order valence-corrected chi connectivity index (χ0v) is 11.1. The molecule has 0 saturated heterocycles. The number of aromatic nitrogens is 1. The van der Waals surface area contributed by atoms with Crippen molar-refractivity contribution >= 4 is 23.2 Å². The van der Waals surface area contributed by atoms with Crippen molar-refractivity contribution in [2.45, 2.75) is 13.2 Å². The van der Waals surface area contributed by atoms with Crippen LogP contribution in [-0.4, -0.2) is 4.98 Å². The van der Waals surface area contributed by atoms with Gasteiger partial charge >= 0.3 is 0 Å². The minimum atomic E-state index is 0.280. The Morgan fingerprint density at radius 3 is 2.56 bits per heavy atom. The second kappa shape index (κ2) is 6.05. The highest BCUT2D eigenvalue weighted by molar-refractivity contribution is 6.31. The molecule has 0 fully saturated rings. The van der Waals surface area contributed by atoms with E-state index in [1.54, 1.807) is 12.1 Å². The van der Waals surface area contributed by atoms with Crippen LogP contribution in [0.15, 0.2) is 36.4 Å². The maximum atomic E-state index is 6.03. The topological polar surface area (TPSA) is 48.1 Å². The molecule has 3 nitrogen and oxygen atoms in total. The SMILES string of the molecule is NCc1nc(OCc2ccccc2Cl)ccc1Cl. The summed E-state index contributed by atoms with van der Waals surface area (Å²) >= 11 is 12.0. The van der Waals surface area contributed by atoms with E-state index in [9.17, 15) is 0 Å². The molecule has 0 aliphatic rings. The van der Waals surface area contributed by atoms with Crippen LogP contribution in [0.4, 0.5) is 0 Å². The molecule has 0 bridgehead atoms. The van der Waals surface area contributed by atoms with Crippen LogP contribution in [0, 0.1) is 0 Å². The summed E-state index contributed by atoms with van der Waals surface area (Å²) < 4.78 is 5.56. The van der Waals surface area contributed by atoms with Crippen LogP contribution in [0.2, 0.25) is 10.0 Å². The first-order valence-corrected chi connectivity index (χ1v) is 6.18. The van der Waals surface area contributed by atoms with Gasteiger partial charge in [-0.2, -0.15) is 0 Å². The van der Waals surface area contributed by atoms with Crippen LogP contribution < -0.4 is 10.5 Å². The maximum absolute atomic E-state index is 6.03. The Bertz CT molecular complexity index is 546. The molecule has 0 atom stereocenters. The third-order valence-electron chi connectivity index (χ3n) is 2.42. The van der Waals surface area contributed by atoms with Crippen LogP contribution >= 0.6 is 23.2 Å². The van der Waals surface area contributed by atoms with Crippen LogP contribution in [-0.2, 0) is 13.2 Å². The molecule has 2 N–H and O–H groups in total. The summed E-state index contributed by atoms with van der Waals surface area (Å²) in [5, 5.41) is 1.22. The molecule has 2 rings (SSSR count). The van der Waals surface area contributed by atoms with E-state index in [0.717, 1.165) is 5.56 Å². The van der Waals surface area contributed by atoms with E-state index in [1.807, 2.05) is 24.3 Å². The van der Waals surface area contributed by atoms with Gasteiger partial charge < -0.3 is 10.5 Å². The number of hydrogen-bond acceptors (Lipinski definition) is 3. The van der Waals surface area contributed by atoms with E-state index >= 15 is 0 Å². The average molecular weight is 283 g/mol. The minimum Gasteiger partial charge on any atom is -0.473 e. The Labute approximate surface area is 115 Å². The summed E-state index contributed by atoms with van der Waals surface area (Å²) in [5.74, 6) is 0.486. The highest BCUT2D eigenvalue weighted by Crippen LogP contribution is 2.20. The Hall–Kier alpha value is -1.29. The smallest absolute Gasteiger partial charge is 0.213 e. The van der Waals surface area contributed by atoms with E-state index < -0.39 is 0 Å². The largest absolute Gasteiger partial charge is 0.473 e. The molecule has 0 radical (unpaired) electrons. The molecular weight excluding hydrogens is 271 g/mol. The molecular formula is C13H12Cl2N2O. The first-order valence-electron chi connectivity index (χ1n) is 5.42. The zero-order chi connectivity index (χ0) is 13.0. The molecule has 94 valence electrons. The Morgan fingerprint density at radius 2 is 1.83 bits per heavy atom. The second-order valence-electron chi connectivity index (χ2n) is 3.66. The third kappa shape index (κ3) is 3.13. The van der Waals surface area contributed by atoms with E-state index in [1.165, 1.54) is 0 Å². The number of ether oxygens (including phenoxy) is 1. The van der Waals surface area contributed by atoms with Crippen molar-refractivity contribution in [2.24, 2.45) is 5.73 Å². The van der Waals surface area contributed by atoms with Crippen molar-refractivity contribution in [2.75, 3.05) is 0 Å². The first kappa shape index (κ1) is 13.1. The van der Waals surface area contributed by atoms with Crippen molar-refractivity contribution in [1.29, 1.82) is 0 Å². The fraction of sp³-hybridized carbons (Fsp3) is 0.154. The van der Waals surface area contributed by atoms with Gasteiger partial charge in [0, 0.05) is 23.2 Å². The van der Waals surface area contributed by atoms with Gasteiger partial charge in [0.25, 0.3) is 0 Å². The summed E-state index contributed by atoms with van der Waals surface area (Å²) in [6, 6.07) is 10.9. The standard InChI is InChI=1S/C13H12Cl2N2O/c14-10-4-2-1-3-9(10)8-18-13-6-5-11(15)12(7-16)17-13/h1-6H,7-8,16H2. The van der Waals surface area contributed by atoms with Crippen LogP contribution in [0.3, 0.4) is 0 Å². The predicted octanol–water partition coefficient (Wildman–Crippen LogP) is 3.43. The molecule has 0 unspecified atom stereocenters. The van der Waals surface area contributed by atoms with Crippen molar-refractivity contribution < 1.29 is 4.74 Å². The Balaban J connectivity index is 2.09. The lowest BCUT2D eigenvalue weighted by Crippen LogP contribution is -2.03. The van der Waals surface area contributed by atoms with Gasteiger partial charge in [-0.1, -0.05) is 41.4 Å². The molecule has 1 aromatic heterocycles. The minimum absolute atomic E-state index is 0.280. The van der Waals surface area contributed by atoms with E-state index in [0.29, 0.717) is 28.2 Å². The number of halogens is 2. The summed E-state index contributed by atoms with van der Waals surface area (Å²) in [4.78, 5) is 4.21. The van der Waals surface area contributed by atoms with Gasteiger partial charge in [0.15, 0.2) is 0 Å². The Kier molecular flexibility index (Phi) is 4.42. The molecule has 18 heavy (non-hydrogen) atoms. The van der Waals surface area contributed by atoms with Crippen molar-refractivity contribution in [3.8, 4) is 5.88 Å². The van der Waals surface area contributed by atoms with Gasteiger partial charge in [0.1, 0.15) is 6.61 Å². The molecule has 1 aromatic carbocycles. The van der Waals surface area contributed by atoms with Gasteiger partial charge in [-0.3, -0.25) is 0 Å². The van der Waals surface area contributed by atoms with Crippen LogP contribution in [0.1, 0.15) is 11.3 Å². The highest BCUT2D eigenvalue weighted by atomic mass is 35.5. The Morgan fingerprint density at radius 1 is 1.06 bits per heavy atom. The first-order chi connectivity index (χ1) is 8.70. The number of rotatable bonds is 4. The molecule has 1 heterocycles. The van der Waals surface area contributed by atoms with Crippen molar-refractivity contribution in [3.63, 3.8) is 0 Å². The van der Waals surface area contributed by atoms with E-state index in [4.69, 9.17) is 33.7 Å². The van der Waals surface area contributed by atoms with Crippen molar-refractivity contribution in [1.82, 2.24) is 4.98 Å². The number of nitrogens with zero attached hydrogens (tertiary/aromatic N) is 1. The monoisotopic (exact) mass is 282 g/mol. The van der Waals surface area contributed by atoms with E-state index in [-0.39, 0.29) is 6.54 Å². The van der Waals surface area contributed by atoms with Crippen LogP contribution in [0.25, 0.3) is 0 Å². The molecule has 2 aromatic rings. The third-order valence-corrected chi connectivity index (χ3v) is 3.13. The normalized spacial score (nSPS) is 10.4. The highest BCUT2D eigenvalue weighted by Gasteiger charge is 2.04. The second-order valence-corrected chi connectivity index (χ2v) is 4.48. The summed E-state index contributed by atoms with van der Waals surface area (Å²) in [6.45, 7) is 0.639. The van der Waals surface area contributed by atoms with Gasteiger partial charge in [-0.25, -0.2) is 4.98 Å². The average Bonchev–Trinajstić information content (AvgIpc) is 2.39. The van der Waals surface area contributed by atoms with Gasteiger partial charge in [0.2, 0.25) is 5.88 Å². The summed E-state index contributed by atoms with van der Waals surface area (Å²) in [5.41, 5.74) is 7.05. The molecule has 0 saturated carbocycles. The zero-order valence-electron chi connectivity index (χ0n) is 9.57. The number of hydrogen-bond donors (Lipinski definition) is 1. The quantitative estimate of drug-likeness (QED) is 0.935. The molecule has 0 aliphatic carbocycles. The fourth-order valence-electron chi connectivity index (χ4n) is 1.46. The molecule has 0 aliphatic heterocycles. The van der Waals surface area contributed by atoms with Gasteiger partial charge in [-0.15, -0.1) is 0 Å². The van der Waals surface area contributed by atoms with Gasteiger partial charge in [0.05, 0.1) is 10.7 Å². The number of nitrogens with two attached hydrogens (primary N) is 1. The van der Waals surface area contributed by atoms with Gasteiger partial charge in [-0.05, 0) is 12.1 Å².